The van der Waals surface area contributed by atoms with Gasteiger partial charge in [0.05, 0.1) is 6.54 Å². The quantitative estimate of drug-likeness (QED) is 0.411. The van der Waals surface area contributed by atoms with Gasteiger partial charge in [0.1, 0.15) is 17.5 Å². The first kappa shape index (κ1) is 24.5. The largest absolute Gasteiger partial charge is 0.458 e. The number of amides is 3. The van der Waals surface area contributed by atoms with Crippen molar-refractivity contribution in [3.8, 4) is 11.5 Å². The Morgan fingerprint density at radius 2 is 1.88 bits per heavy atom. The van der Waals surface area contributed by atoms with E-state index in [0.29, 0.717) is 39.4 Å². The molecule has 2 aromatic heterocycles. The number of carbonyl (C=O) groups excluding carboxylic acids is 3. The molecule has 3 amide bonds. The molecular formula is C23H25ClN4O4S. The van der Waals surface area contributed by atoms with Crippen LogP contribution < -0.4 is 16.0 Å². The van der Waals surface area contributed by atoms with Gasteiger partial charge in [-0.05, 0) is 42.3 Å². The molecule has 3 aromatic rings. The summed E-state index contributed by atoms with van der Waals surface area (Å²) < 4.78 is 5.70. The van der Waals surface area contributed by atoms with Gasteiger partial charge in [-0.2, -0.15) is 0 Å². The molecule has 0 fully saturated rings. The third kappa shape index (κ3) is 6.66. The minimum Gasteiger partial charge on any atom is -0.458 e. The first-order valence-corrected chi connectivity index (χ1v) is 11.7. The van der Waals surface area contributed by atoms with Crippen LogP contribution >= 0.6 is 22.9 Å². The van der Waals surface area contributed by atoms with Crippen molar-refractivity contribution in [1.82, 2.24) is 15.6 Å². The lowest BCUT2D eigenvalue weighted by atomic mass is 9.98. The Morgan fingerprint density at radius 3 is 2.55 bits per heavy atom. The highest BCUT2D eigenvalue weighted by Crippen LogP contribution is 2.27. The molecule has 0 aliphatic heterocycles. The molecule has 10 heteroatoms. The van der Waals surface area contributed by atoms with Gasteiger partial charge in [0, 0.05) is 22.9 Å². The maximum absolute atomic E-state index is 13.0. The highest BCUT2D eigenvalue weighted by atomic mass is 35.5. The van der Waals surface area contributed by atoms with Crippen LogP contribution in [0.3, 0.4) is 0 Å². The molecule has 0 radical (unpaired) electrons. The van der Waals surface area contributed by atoms with Gasteiger partial charge in [-0.25, -0.2) is 4.98 Å². The molecule has 0 aliphatic carbocycles. The standard InChI is InChI=1S/C23H25ClN4O4S/c1-4-13(2)20(27-21(30)15-5-7-16(24)8-6-15)22(31)28-23-26-18(12-33-23)19-10-9-17(32-19)11-25-14(3)29/h5-10,12-13,20H,4,11H2,1-3H3,(H,25,29)(H,27,30)(H,26,28,31)/t13-,20-/m0/s1. The van der Waals surface area contributed by atoms with Crippen LogP contribution in [0.25, 0.3) is 11.5 Å². The number of furan rings is 1. The van der Waals surface area contributed by atoms with Crippen LogP contribution in [0.2, 0.25) is 5.02 Å². The number of thiazole rings is 1. The molecule has 3 N–H and O–H groups in total. The first-order chi connectivity index (χ1) is 15.8. The number of nitrogens with zero attached hydrogens (tertiary/aromatic N) is 1. The maximum Gasteiger partial charge on any atom is 0.251 e. The van der Waals surface area contributed by atoms with E-state index in [1.54, 1.807) is 41.8 Å². The molecule has 0 aliphatic rings. The predicted octanol–water partition coefficient (Wildman–Crippen LogP) is 4.48. The summed E-state index contributed by atoms with van der Waals surface area (Å²) in [5, 5.41) is 11.0. The number of hydrogen-bond donors (Lipinski definition) is 3. The zero-order valence-electron chi connectivity index (χ0n) is 18.5. The van der Waals surface area contributed by atoms with Gasteiger partial charge in [0.2, 0.25) is 11.8 Å². The van der Waals surface area contributed by atoms with Crippen molar-refractivity contribution in [2.45, 2.75) is 39.8 Å². The second-order valence-electron chi connectivity index (χ2n) is 7.55. The molecule has 2 heterocycles. The average Bonchev–Trinajstić information content (AvgIpc) is 3.45. The fraction of sp³-hybridized carbons (Fsp3) is 0.304. The number of carbonyl (C=O) groups is 3. The fourth-order valence-electron chi connectivity index (χ4n) is 2.98. The molecule has 0 saturated carbocycles. The number of nitrogens with one attached hydrogen (secondary N) is 3. The van der Waals surface area contributed by atoms with Crippen LogP contribution in [0.4, 0.5) is 5.13 Å². The Bertz CT molecular complexity index is 1130. The van der Waals surface area contributed by atoms with E-state index in [4.69, 9.17) is 16.0 Å². The molecule has 1 aromatic carbocycles. The Kier molecular flexibility index (Phi) is 8.24. The van der Waals surface area contributed by atoms with Crippen molar-refractivity contribution >= 4 is 45.8 Å². The molecular weight excluding hydrogens is 464 g/mol. The number of hydrogen-bond acceptors (Lipinski definition) is 6. The smallest absolute Gasteiger partial charge is 0.251 e. The molecule has 174 valence electrons. The van der Waals surface area contributed by atoms with Gasteiger partial charge in [-0.1, -0.05) is 31.9 Å². The summed E-state index contributed by atoms with van der Waals surface area (Å²) in [6, 6.07) is 9.25. The lowest BCUT2D eigenvalue weighted by Crippen LogP contribution is -2.47. The van der Waals surface area contributed by atoms with Crippen molar-refractivity contribution in [3.05, 3.63) is 58.1 Å². The van der Waals surface area contributed by atoms with Gasteiger partial charge >= 0.3 is 0 Å². The van der Waals surface area contributed by atoms with Gasteiger partial charge < -0.3 is 20.4 Å². The Balaban J connectivity index is 1.67. The molecule has 8 nitrogen and oxygen atoms in total. The third-order valence-electron chi connectivity index (χ3n) is 5.05. The molecule has 0 unspecified atom stereocenters. The number of halogens is 1. The molecule has 2 atom stereocenters. The fourth-order valence-corrected chi connectivity index (χ4v) is 3.81. The van der Waals surface area contributed by atoms with Crippen molar-refractivity contribution < 1.29 is 18.8 Å². The number of aromatic nitrogens is 1. The first-order valence-electron chi connectivity index (χ1n) is 10.4. The summed E-state index contributed by atoms with van der Waals surface area (Å²) in [7, 11) is 0. The Labute approximate surface area is 200 Å². The molecule has 0 bridgehead atoms. The van der Waals surface area contributed by atoms with Crippen LogP contribution in [0.1, 0.15) is 43.3 Å². The summed E-state index contributed by atoms with van der Waals surface area (Å²) in [5.74, 6) is 0.183. The summed E-state index contributed by atoms with van der Waals surface area (Å²) in [5.41, 5.74) is 0.986. The van der Waals surface area contributed by atoms with E-state index in [2.05, 4.69) is 20.9 Å². The molecule has 0 spiro atoms. The normalized spacial score (nSPS) is 12.6. The second kappa shape index (κ2) is 11.1. The summed E-state index contributed by atoms with van der Waals surface area (Å²) in [6.45, 7) is 5.58. The third-order valence-corrected chi connectivity index (χ3v) is 6.06. The minimum absolute atomic E-state index is 0.0953. The number of anilines is 1. The lowest BCUT2D eigenvalue weighted by molar-refractivity contribution is -0.119. The molecule has 0 saturated heterocycles. The topological polar surface area (TPSA) is 113 Å². The van der Waals surface area contributed by atoms with E-state index in [1.807, 2.05) is 13.8 Å². The predicted molar refractivity (Wildman–Crippen MR) is 128 cm³/mol. The number of benzene rings is 1. The Hall–Kier alpha value is -3.17. The van der Waals surface area contributed by atoms with E-state index < -0.39 is 6.04 Å². The maximum atomic E-state index is 13.0. The monoisotopic (exact) mass is 488 g/mol. The minimum atomic E-state index is -0.738. The highest BCUT2D eigenvalue weighted by Gasteiger charge is 2.27. The van der Waals surface area contributed by atoms with Crippen LogP contribution in [0.5, 0.6) is 0 Å². The second-order valence-corrected chi connectivity index (χ2v) is 8.84. The van der Waals surface area contributed by atoms with Gasteiger partial charge in [0.25, 0.3) is 5.91 Å². The van der Waals surface area contributed by atoms with Gasteiger partial charge in [-0.3, -0.25) is 14.4 Å². The van der Waals surface area contributed by atoms with Crippen molar-refractivity contribution in [2.24, 2.45) is 5.92 Å². The summed E-state index contributed by atoms with van der Waals surface area (Å²) >= 11 is 7.14. The van der Waals surface area contributed by atoms with E-state index in [0.717, 1.165) is 0 Å². The van der Waals surface area contributed by atoms with Crippen LogP contribution in [0.15, 0.2) is 46.2 Å². The van der Waals surface area contributed by atoms with Crippen molar-refractivity contribution in [3.63, 3.8) is 0 Å². The van der Waals surface area contributed by atoms with Crippen molar-refractivity contribution in [1.29, 1.82) is 0 Å². The van der Waals surface area contributed by atoms with E-state index in [9.17, 15) is 14.4 Å². The molecule has 33 heavy (non-hydrogen) atoms. The van der Waals surface area contributed by atoms with Crippen LogP contribution in [0, 0.1) is 5.92 Å². The summed E-state index contributed by atoms with van der Waals surface area (Å²) in [6.07, 6.45) is 0.700. The van der Waals surface area contributed by atoms with Crippen LogP contribution in [-0.2, 0) is 16.1 Å². The van der Waals surface area contributed by atoms with Crippen LogP contribution in [-0.4, -0.2) is 28.7 Å². The van der Waals surface area contributed by atoms with Crippen molar-refractivity contribution in [2.75, 3.05) is 5.32 Å². The lowest BCUT2D eigenvalue weighted by Gasteiger charge is -2.23. The van der Waals surface area contributed by atoms with E-state index in [-0.39, 0.29) is 30.2 Å². The Morgan fingerprint density at radius 1 is 1.15 bits per heavy atom. The zero-order valence-corrected chi connectivity index (χ0v) is 20.0. The van der Waals surface area contributed by atoms with Gasteiger partial charge in [0.15, 0.2) is 10.9 Å². The SMILES string of the molecule is CC[C@H](C)[C@H](NC(=O)c1ccc(Cl)cc1)C(=O)Nc1nc(-c2ccc(CNC(C)=O)o2)cs1. The zero-order chi connectivity index (χ0) is 24.0. The average molecular weight is 489 g/mol. The molecule has 3 rings (SSSR count). The number of rotatable bonds is 9. The summed E-state index contributed by atoms with van der Waals surface area (Å²) in [4.78, 5) is 41.1. The van der Waals surface area contributed by atoms with E-state index >= 15 is 0 Å². The van der Waals surface area contributed by atoms with E-state index in [1.165, 1.54) is 18.3 Å². The highest BCUT2D eigenvalue weighted by molar-refractivity contribution is 7.14. The van der Waals surface area contributed by atoms with Gasteiger partial charge in [-0.15, -0.1) is 11.3 Å².